The molecular weight excluding hydrogens is 464 g/mol. The lowest BCUT2D eigenvalue weighted by atomic mass is 9.77. The summed E-state index contributed by atoms with van der Waals surface area (Å²) in [7, 11) is 0. The third-order valence-electron chi connectivity index (χ3n) is 8.32. The van der Waals surface area contributed by atoms with Crippen molar-refractivity contribution in [3.8, 4) is 0 Å². The van der Waals surface area contributed by atoms with E-state index < -0.39 is 0 Å². The number of rotatable bonds is 8. The number of unbranched alkanes of at least 4 members (excludes halogenated alkanes) is 1. The summed E-state index contributed by atoms with van der Waals surface area (Å²) in [6.45, 7) is 10.7. The topological polar surface area (TPSA) is 46.3 Å². The van der Waals surface area contributed by atoms with Gasteiger partial charge in [0, 0.05) is 29.9 Å². The zero-order chi connectivity index (χ0) is 27.1. The van der Waals surface area contributed by atoms with Gasteiger partial charge in [-0.05, 0) is 123 Å². The Morgan fingerprint density at radius 2 is 1.61 bits per heavy atom. The number of allylic oxidation sites excluding steroid dienone is 5. The fourth-order valence-electron chi connectivity index (χ4n) is 6.06. The van der Waals surface area contributed by atoms with Gasteiger partial charge in [0.15, 0.2) is 0 Å². The number of aryl methyl sites for hydroxylation is 1. The minimum Gasteiger partial charge on any atom is -0.398 e. The molecule has 2 aromatic rings. The molecule has 0 aromatic heterocycles. The van der Waals surface area contributed by atoms with Crippen LogP contribution in [-0.2, 0) is 0 Å². The number of benzene rings is 2. The van der Waals surface area contributed by atoms with Crippen LogP contribution in [0.25, 0.3) is 17.2 Å². The van der Waals surface area contributed by atoms with Gasteiger partial charge in [-0.2, -0.15) is 0 Å². The Labute approximate surface area is 230 Å². The molecule has 2 aliphatic rings. The molecule has 0 radical (unpaired) electrons. The monoisotopic (exact) mass is 510 g/mol. The second kappa shape index (κ2) is 13.1. The van der Waals surface area contributed by atoms with Crippen molar-refractivity contribution in [3.63, 3.8) is 0 Å². The second-order valence-corrected chi connectivity index (χ2v) is 11.1. The van der Waals surface area contributed by atoms with E-state index in [2.05, 4.69) is 64.1 Å². The predicted octanol–water partition coefficient (Wildman–Crippen LogP) is 9.23. The Balaban J connectivity index is 1.80. The van der Waals surface area contributed by atoms with Crippen LogP contribution in [0.1, 0.15) is 118 Å². The van der Waals surface area contributed by atoms with Gasteiger partial charge in [-0.1, -0.05) is 56.2 Å². The number of likely N-dealkylation sites (tertiary alicyclic amines) is 1. The van der Waals surface area contributed by atoms with Gasteiger partial charge in [0.2, 0.25) is 0 Å². The number of anilines is 1. The van der Waals surface area contributed by atoms with Crippen LogP contribution >= 0.6 is 0 Å². The standard InChI is InChI=1S/C35H46N2O/c1-5-7-9-16-31-32(36)22-17-26(4)34(31)30-15-11-10-14-29(30)33(25(3)6-2)27-18-20-28(21-19-27)35(38)37-23-12-8-13-24-37/h9,16-22H,5-8,10-15,23-24,36H2,1-4H3/b16-9-,33-25+. The lowest BCUT2D eigenvalue weighted by Gasteiger charge is -2.28. The molecule has 4 rings (SSSR count). The molecule has 1 aliphatic carbocycles. The summed E-state index contributed by atoms with van der Waals surface area (Å²) in [4.78, 5) is 15.1. The van der Waals surface area contributed by atoms with Gasteiger partial charge in [-0.3, -0.25) is 4.79 Å². The van der Waals surface area contributed by atoms with E-state index in [4.69, 9.17) is 5.73 Å². The van der Waals surface area contributed by atoms with Crippen LogP contribution in [0.5, 0.6) is 0 Å². The average molecular weight is 511 g/mol. The summed E-state index contributed by atoms with van der Waals surface area (Å²) in [5.74, 6) is 0.172. The van der Waals surface area contributed by atoms with Gasteiger partial charge in [0.05, 0.1) is 0 Å². The van der Waals surface area contributed by atoms with E-state index >= 15 is 0 Å². The minimum atomic E-state index is 0.172. The van der Waals surface area contributed by atoms with Crippen molar-refractivity contribution in [3.05, 3.63) is 81.4 Å². The highest BCUT2D eigenvalue weighted by Crippen LogP contribution is 2.44. The molecule has 1 fully saturated rings. The van der Waals surface area contributed by atoms with Crippen molar-refractivity contribution in [1.29, 1.82) is 0 Å². The molecule has 1 heterocycles. The molecule has 1 saturated heterocycles. The van der Waals surface area contributed by atoms with Gasteiger partial charge >= 0.3 is 0 Å². The van der Waals surface area contributed by atoms with E-state index in [9.17, 15) is 4.79 Å². The van der Waals surface area contributed by atoms with Crippen LogP contribution in [-0.4, -0.2) is 23.9 Å². The first-order valence-electron chi connectivity index (χ1n) is 14.8. The third kappa shape index (κ3) is 6.14. The first-order chi connectivity index (χ1) is 18.5. The van der Waals surface area contributed by atoms with Gasteiger partial charge < -0.3 is 10.6 Å². The average Bonchev–Trinajstić information content (AvgIpc) is 2.96. The van der Waals surface area contributed by atoms with Crippen molar-refractivity contribution in [2.24, 2.45) is 0 Å². The summed E-state index contributed by atoms with van der Waals surface area (Å²) >= 11 is 0. The first kappa shape index (κ1) is 28.0. The van der Waals surface area contributed by atoms with E-state index in [0.717, 1.165) is 69.3 Å². The molecule has 0 bridgehead atoms. The maximum atomic E-state index is 13.1. The summed E-state index contributed by atoms with van der Waals surface area (Å²) < 4.78 is 0. The zero-order valence-corrected chi connectivity index (χ0v) is 24.0. The maximum Gasteiger partial charge on any atom is 0.253 e. The summed E-state index contributed by atoms with van der Waals surface area (Å²) in [5, 5.41) is 0. The number of hydrogen-bond acceptors (Lipinski definition) is 2. The number of nitrogens with two attached hydrogens (primary N) is 1. The zero-order valence-electron chi connectivity index (χ0n) is 24.0. The maximum absolute atomic E-state index is 13.1. The number of amides is 1. The molecule has 2 N–H and O–H groups in total. The highest BCUT2D eigenvalue weighted by atomic mass is 16.2. The van der Waals surface area contributed by atoms with Crippen LogP contribution in [0.15, 0.2) is 53.6 Å². The smallest absolute Gasteiger partial charge is 0.253 e. The van der Waals surface area contributed by atoms with Gasteiger partial charge in [-0.15, -0.1) is 0 Å². The van der Waals surface area contributed by atoms with Crippen molar-refractivity contribution < 1.29 is 4.79 Å². The second-order valence-electron chi connectivity index (χ2n) is 11.1. The molecular formula is C35H46N2O. The minimum absolute atomic E-state index is 0.172. The normalized spacial score (nSPS) is 17.2. The van der Waals surface area contributed by atoms with Crippen LogP contribution < -0.4 is 5.73 Å². The summed E-state index contributed by atoms with van der Waals surface area (Å²) in [6.07, 6.45) is 15.7. The molecule has 0 unspecified atom stereocenters. The molecule has 0 spiro atoms. The number of nitrogens with zero attached hydrogens (tertiary/aromatic N) is 1. The summed E-state index contributed by atoms with van der Waals surface area (Å²) in [6, 6.07) is 12.7. The van der Waals surface area contributed by atoms with Gasteiger partial charge in [0.1, 0.15) is 0 Å². The van der Waals surface area contributed by atoms with Crippen molar-refractivity contribution >= 4 is 28.8 Å². The van der Waals surface area contributed by atoms with Crippen molar-refractivity contribution in [2.75, 3.05) is 18.8 Å². The Kier molecular flexibility index (Phi) is 9.66. The van der Waals surface area contributed by atoms with Gasteiger partial charge in [-0.25, -0.2) is 0 Å². The van der Waals surface area contributed by atoms with Crippen LogP contribution in [0, 0.1) is 6.92 Å². The number of carbonyl (C=O) groups is 1. The molecule has 38 heavy (non-hydrogen) atoms. The molecule has 3 nitrogen and oxygen atoms in total. The van der Waals surface area contributed by atoms with E-state index in [1.807, 2.05) is 17.0 Å². The third-order valence-corrected chi connectivity index (χ3v) is 8.32. The fraction of sp³-hybridized carbons (Fsp3) is 0.457. The fourth-order valence-corrected chi connectivity index (χ4v) is 6.06. The lowest BCUT2D eigenvalue weighted by molar-refractivity contribution is 0.0724. The SMILES string of the molecule is CCC/C=C\c1c(N)ccc(C)c1C1=C(/C(=C(\C)CC)c2ccc(C(=O)N3CCCCC3)cc2)CCCC1. The van der Waals surface area contributed by atoms with E-state index in [1.165, 1.54) is 63.8 Å². The highest BCUT2D eigenvalue weighted by Gasteiger charge is 2.24. The highest BCUT2D eigenvalue weighted by molar-refractivity contribution is 5.97. The molecule has 3 heteroatoms. The quantitative estimate of drug-likeness (QED) is 0.360. The summed E-state index contributed by atoms with van der Waals surface area (Å²) in [5.41, 5.74) is 18.9. The first-order valence-corrected chi connectivity index (χ1v) is 14.8. The Morgan fingerprint density at radius 3 is 2.29 bits per heavy atom. The molecule has 2 aromatic carbocycles. The Morgan fingerprint density at radius 1 is 0.921 bits per heavy atom. The largest absolute Gasteiger partial charge is 0.398 e. The van der Waals surface area contributed by atoms with Crippen LogP contribution in [0.3, 0.4) is 0 Å². The van der Waals surface area contributed by atoms with Crippen LogP contribution in [0.4, 0.5) is 5.69 Å². The lowest BCUT2D eigenvalue weighted by Crippen LogP contribution is -2.35. The Hall–Kier alpha value is -3.07. The number of nitrogen functional groups attached to an aromatic ring is 1. The molecule has 1 aliphatic heterocycles. The molecule has 202 valence electrons. The Bertz CT molecular complexity index is 1220. The van der Waals surface area contributed by atoms with E-state index in [0.29, 0.717) is 0 Å². The van der Waals surface area contributed by atoms with Gasteiger partial charge in [0.25, 0.3) is 5.91 Å². The van der Waals surface area contributed by atoms with Crippen LogP contribution in [0.2, 0.25) is 0 Å². The number of piperidine rings is 1. The van der Waals surface area contributed by atoms with Crippen molar-refractivity contribution in [1.82, 2.24) is 4.90 Å². The molecule has 0 saturated carbocycles. The molecule has 0 atom stereocenters. The number of carbonyl (C=O) groups excluding carboxylic acids is 1. The molecule has 1 amide bonds. The predicted molar refractivity (Wildman–Crippen MR) is 164 cm³/mol. The van der Waals surface area contributed by atoms with Crippen molar-refractivity contribution in [2.45, 2.75) is 91.9 Å². The number of hydrogen-bond donors (Lipinski definition) is 1. The van der Waals surface area contributed by atoms with E-state index in [1.54, 1.807) is 0 Å². The van der Waals surface area contributed by atoms with E-state index in [-0.39, 0.29) is 5.91 Å².